The third kappa shape index (κ3) is 4.18. The largest absolute Gasteiger partial charge is 0.464 e. The number of nitrogens with one attached hydrogen (secondary N) is 1. The smallest absolute Gasteiger partial charge is 0.413 e. The lowest BCUT2D eigenvalue weighted by atomic mass is 9.74. The Kier molecular flexibility index (Phi) is 5.81. The van der Waals surface area contributed by atoms with Crippen LogP contribution in [0, 0.1) is 0 Å². The number of amides is 1. The number of ether oxygens (including phenoxy) is 2. The highest BCUT2D eigenvalue weighted by atomic mass is 16.6. The van der Waals surface area contributed by atoms with Crippen LogP contribution < -0.4 is 10.1 Å². The summed E-state index contributed by atoms with van der Waals surface area (Å²) >= 11 is 0. The molecule has 1 aromatic rings. The van der Waals surface area contributed by atoms with Gasteiger partial charge in [0.1, 0.15) is 11.8 Å². The molecule has 2 unspecified atom stereocenters. The number of hydrogen-bond acceptors (Lipinski definition) is 5. The number of carbonyl (C=O) groups excluding carboxylic acids is 2. The van der Waals surface area contributed by atoms with Crippen LogP contribution in [0.25, 0.3) is 0 Å². The molecule has 0 aromatic heterocycles. The molecule has 1 aromatic carbocycles. The van der Waals surface area contributed by atoms with Crippen molar-refractivity contribution in [1.82, 2.24) is 10.2 Å². The van der Waals surface area contributed by atoms with Crippen LogP contribution in [0.3, 0.4) is 0 Å². The Bertz CT molecular complexity index is 663. The lowest BCUT2D eigenvalue weighted by molar-refractivity contribution is -0.139. The van der Waals surface area contributed by atoms with E-state index in [2.05, 4.69) is 30.3 Å². The summed E-state index contributed by atoms with van der Waals surface area (Å²) in [5.74, 6) is 0.105. The van der Waals surface area contributed by atoms with Crippen LogP contribution in [0.2, 0.25) is 0 Å². The average molecular weight is 360 g/mol. The highest BCUT2D eigenvalue weighted by Crippen LogP contribution is 2.37. The Labute approximate surface area is 154 Å². The monoisotopic (exact) mass is 360 g/mol. The van der Waals surface area contributed by atoms with Crippen LogP contribution in [-0.4, -0.2) is 49.7 Å². The van der Waals surface area contributed by atoms with Crippen LogP contribution in [0.5, 0.6) is 5.75 Å². The number of cyclic esters (lactones) is 1. The minimum Gasteiger partial charge on any atom is -0.464 e. The van der Waals surface area contributed by atoms with Gasteiger partial charge in [0.2, 0.25) is 0 Å². The molecule has 3 rings (SSSR count). The van der Waals surface area contributed by atoms with Crippen molar-refractivity contribution in [2.24, 2.45) is 0 Å². The van der Waals surface area contributed by atoms with Crippen molar-refractivity contribution in [2.75, 3.05) is 26.7 Å². The Hall–Kier alpha value is -2.08. The van der Waals surface area contributed by atoms with Gasteiger partial charge in [-0.25, -0.2) is 9.59 Å². The van der Waals surface area contributed by atoms with Gasteiger partial charge in [-0.3, -0.25) is 0 Å². The molecule has 2 saturated heterocycles. The molecule has 142 valence electrons. The molecule has 0 saturated carbocycles. The van der Waals surface area contributed by atoms with Crippen molar-refractivity contribution in [3.63, 3.8) is 0 Å². The number of hydrogen-bond donors (Lipinski definition) is 1. The molecular weight excluding hydrogens is 332 g/mol. The van der Waals surface area contributed by atoms with Gasteiger partial charge in [0.05, 0.1) is 6.61 Å². The van der Waals surface area contributed by atoms with E-state index in [1.807, 2.05) is 12.1 Å². The fourth-order valence-electron chi connectivity index (χ4n) is 4.04. The standard InChI is InChI=1S/C20H28N2O4/c1-3-20(10-4-5-11-22(2)14-20)15-7-6-8-16(13-15)26-19(24)21-17-9-12-25-18(17)23/h6-8,13,17H,3-5,9-12,14H2,1-2H3,(H,21,24). The maximum absolute atomic E-state index is 12.1. The Morgan fingerprint density at radius 1 is 1.42 bits per heavy atom. The number of nitrogens with zero attached hydrogens (tertiary/aromatic N) is 1. The zero-order valence-corrected chi connectivity index (χ0v) is 15.6. The van der Waals surface area contributed by atoms with Crippen molar-refractivity contribution < 1.29 is 19.1 Å². The van der Waals surface area contributed by atoms with Gasteiger partial charge in [0.25, 0.3) is 0 Å². The van der Waals surface area contributed by atoms with Gasteiger partial charge in [0.15, 0.2) is 0 Å². The van der Waals surface area contributed by atoms with Crippen LogP contribution in [0.15, 0.2) is 24.3 Å². The molecule has 2 aliphatic rings. The number of rotatable bonds is 4. The fraction of sp³-hybridized carbons (Fsp3) is 0.600. The van der Waals surface area contributed by atoms with Gasteiger partial charge in [-0.05, 0) is 50.6 Å². The SMILES string of the molecule is CCC1(c2cccc(OC(=O)NC3CCOC3=O)c2)CCCCN(C)C1. The Morgan fingerprint density at radius 3 is 3.00 bits per heavy atom. The van der Waals surface area contributed by atoms with E-state index in [0.29, 0.717) is 18.8 Å². The molecule has 6 nitrogen and oxygen atoms in total. The lowest BCUT2D eigenvalue weighted by Gasteiger charge is -2.35. The summed E-state index contributed by atoms with van der Waals surface area (Å²) in [5.41, 5.74) is 1.29. The van der Waals surface area contributed by atoms with E-state index >= 15 is 0 Å². The van der Waals surface area contributed by atoms with Gasteiger partial charge in [-0.2, -0.15) is 0 Å². The molecule has 0 aliphatic carbocycles. The number of carbonyl (C=O) groups is 2. The zero-order valence-electron chi connectivity index (χ0n) is 15.6. The molecule has 0 bridgehead atoms. The van der Waals surface area contributed by atoms with Crippen LogP contribution in [0.4, 0.5) is 4.79 Å². The molecule has 2 atom stereocenters. The first-order valence-corrected chi connectivity index (χ1v) is 9.46. The normalized spacial score (nSPS) is 26.8. The van der Waals surface area contributed by atoms with E-state index in [9.17, 15) is 9.59 Å². The molecule has 0 radical (unpaired) electrons. The van der Waals surface area contributed by atoms with E-state index in [1.165, 1.54) is 18.4 Å². The van der Waals surface area contributed by atoms with Gasteiger partial charge in [-0.1, -0.05) is 25.5 Å². The molecule has 1 amide bonds. The molecule has 6 heteroatoms. The van der Waals surface area contributed by atoms with E-state index in [1.54, 1.807) is 6.07 Å². The summed E-state index contributed by atoms with van der Waals surface area (Å²) in [5, 5.41) is 2.57. The predicted molar refractivity (Wildman–Crippen MR) is 98.3 cm³/mol. The summed E-state index contributed by atoms with van der Waals surface area (Å²) in [6.07, 6.45) is 4.47. The minimum atomic E-state index is -0.616. The molecule has 2 fully saturated rings. The molecule has 0 spiro atoms. The average Bonchev–Trinajstić information content (AvgIpc) is 2.91. The van der Waals surface area contributed by atoms with Gasteiger partial charge >= 0.3 is 12.1 Å². The summed E-state index contributed by atoms with van der Waals surface area (Å²) in [4.78, 5) is 26.0. The summed E-state index contributed by atoms with van der Waals surface area (Å²) in [7, 11) is 2.17. The fourth-order valence-corrected chi connectivity index (χ4v) is 4.04. The van der Waals surface area contributed by atoms with Crippen LogP contribution in [-0.2, 0) is 14.9 Å². The summed E-state index contributed by atoms with van der Waals surface area (Å²) < 4.78 is 10.3. The first kappa shape index (κ1) is 18.7. The Balaban J connectivity index is 1.72. The maximum Gasteiger partial charge on any atom is 0.413 e. The molecule has 2 aliphatic heterocycles. The van der Waals surface area contributed by atoms with Gasteiger partial charge in [-0.15, -0.1) is 0 Å². The first-order chi connectivity index (χ1) is 12.5. The van der Waals surface area contributed by atoms with E-state index in [-0.39, 0.29) is 5.41 Å². The van der Waals surface area contributed by atoms with E-state index in [0.717, 1.165) is 25.9 Å². The van der Waals surface area contributed by atoms with Crippen LogP contribution in [0.1, 0.15) is 44.6 Å². The second-order valence-corrected chi connectivity index (χ2v) is 7.40. The van der Waals surface area contributed by atoms with E-state index in [4.69, 9.17) is 9.47 Å². The molecule has 1 N–H and O–H groups in total. The topological polar surface area (TPSA) is 67.9 Å². The summed E-state index contributed by atoms with van der Waals surface area (Å²) in [6, 6.07) is 7.20. The summed E-state index contributed by atoms with van der Waals surface area (Å²) in [6.45, 7) is 4.70. The van der Waals surface area contributed by atoms with Crippen molar-refractivity contribution in [3.8, 4) is 5.75 Å². The van der Waals surface area contributed by atoms with Crippen molar-refractivity contribution >= 4 is 12.1 Å². The third-order valence-corrected chi connectivity index (χ3v) is 5.58. The second kappa shape index (κ2) is 8.08. The maximum atomic E-state index is 12.1. The molecule has 26 heavy (non-hydrogen) atoms. The van der Waals surface area contributed by atoms with Crippen molar-refractivity contribution in [1.29, 1.82) is 0 Å². The number of benzene rings is 1. The third-order valence-electron chi connectivity index (χ3n) is 5.58. The van der Waals surface area contributed by atoms with Crippen LogP contribution >= 0.6 is 0 Å². The highest BCUT2D eigenvalue weighted by Gasteiger charge is 2.33. The minimum absolute atomic E-state index is 0.0797. The number of esters is 1. The molecular formula is C20H28N2O4. The number of likely N-dealkylation sites (tertiary alicyclic amines) is 1. The quantitative estimate of drug-likeness (QED) is 0.836. The second-order valence-electron chi connectivity index (χ2n) is 7.40. The Morgan fingerprint density at radius 2 is 2.27 bits per heavy atom. The highest BCUT2D eigenvalue weighted by molar-refractivity contribution is 5.83. The van der Waals surface area contributed by atoms with Crippen molar-refractivity contribution in [2.45, 2.75) is 50.5 Å². The van der Waals surface area contributed by atoms with Gasteiger partial charge < -0.3 is 19.7 Å². The zero-order chi connectivity index (χ0) is 18.6. The molecule has 2 heterocycles. The predicted octanol–water partition coefficient (Wildman–Crippen LogP) is 2.85. The van der Waals surface area contributed by atoms with E-state index < -0.39 is 18.1 Å². The lowest BCUT2D eigenvalue weighted by Crippen LogP contribution is -2.39. The first-order valence-electron chi connectivity index (χ1n) is 9.46. The number of likely N-dealkylation sites (N-methyl/N-ethyl adjacent to an activating group) is 1. The van der Waals surface area contributed by atoms with Crippen molar-refractivity contribution in [3.05, 3.63) is 29.8 Å². The van der Waals surface area contributed by atoms with Gasteiger partial charge in [0, 0.05) is 18.4 Å².